The zero-order valence-corrected chi connectivity index (χ0v) is 16.4. The number of nitrogens with zero attached hydrogens (tertiary/aromatic N) is 2. The van der Waals surface area contributed by atoms with E-state index in [0.717, 1.165) is 16.7 Å². The third-order valence-corrected chi connectivity index (χ3v) is 4.96. The summed E-state index contributed by atoms with van der Waals surface area (Å²) in [6, 6.07) is 20.0. The van der Waals surface area contributed by atoms with Crippen LogP contribution in [0.15, 0.2) is 83.9 Å². The Kier molecular flexibility index (Phi) is 5.14. The van der Waals surface area contributed by atoms with Gasteiger partial charge in [0.2, 0.25) is 0 Å². The first-order valence-electron chi connectivity index (χ1n) is 9.12. The van der Waals surface area contributed by atoms with E-state index < -0.39 is 17.5 Å². The normalized spacial score (nSPS) is 11.9. The Bertz CT molecular complexity index is 1230. The Labute approximate surface area is 172 Å². The Morgan fingerprint density at radius 3 is 2.41 bits per heavy atom. The van der Waals surface area contributed by atoms with Gasteiger partial charge in [-0.25, -0.2) is 4.98 Å². The molecule has 0 saturated heterocycles. The molecule has 0 spiro atoms. The lowest BCUT2D eigenvalue weighted by Gasteiger charge is -2.20. The number of aryl methyl sites for hydroxylation is 1. The highest BCUT2D eigenvalue weighted by Gasteiger charge is 2.20. The second-order valence-corrected chi connectivity index (χ2v) is 7.22. The number of aromatic nitrogens is 2. The van der Waals surface area contributed by atoms with Gasteiger partial charge < -0.3 is 5.32 Å². The highest BCUT2D eigenvalue weighted by atomic mass is 35.5. The van der Waals surface area contributed by atoms with Gasteiger partial charge in [-0.2, -0.15) is 0 Å². The molecule has 2 heterocycles. The molecule has 1 atom stereocenters. The second-order valence-electron chi connectivity index (χ2n) is 6.78. The van der Waals surface area contributed by atoms with E-state index in [4.69, 9.17) is 11.6 Å². The number of carbonyl (C=O) groups is 1. The van der Waals surface area contributed by atoms with Crippen molar-refractivity contribution >= 4 is 23.2 Å². The Hall–Kier alpha value is -3.44. The molecule has 0 unspecified atom stereocenters. The predicted molar refractivity (Wildman–Crippen MR) is 113 cm³/mol. The summed E-state index contributed by atoms with van der Waals surface area (Å²) in [6.45, 7) is 1.88. The molecule has 2 aromatic heterocycles. The molecule has 1 amide bonds. The fraction of sp³-hybridized carbons (Fsp3) is 0.0870. The van der Waals surface area contributed by atoms with E-state index in [1.54, 1.807) is 24.4 Å². The number of hydrogen-bond acceptors (Lipinski definition) is 3. The van der Waals surface area contributed by atoms with E-state index >= 15 is 0 Å². The molecule has 0 fully saturated rings. The van der Waals surface area contributed by atoms with Gasteiger partial charge in [0.1, 0.15) is 11.2 Å². The summed E-state index contributed by atoms with van der Waals surface area (Å²) in [5.74, 6) is -0.484. The van der Waals surface area contributed by atoms with Crippen molar-refractivity contribution in [1.82, 2.24) is 14.7 Å². The van der Waals surface area contributed by atoms with Gasteiger partial charge in [0.05, 0.1) is 6.04 Å². The van der Waals surface area contributed by atoms with Crippen molar-refractivity contribution in [1.29, 1.82) is 0 Å². The first-order chi connectivity index (χ1) is 14.0. The van der Waals surface area contributed by atoms with Crippen LogP contribution in [0.3, 0.4) is 0 Å². The van der Waals surface area contributed by atoms with Gasteiger partial charge in [-0.3, -0.25) is 14.0 Å². The minimum Gasteiger partial charge on any atom is -0.341 e. The van der Waals surface area contributed by atoms with E-state index in [2.05, 4.69) is 10.3 Å². The molecule has 0 bridgehead atoms. The molecule has 0 saturated carbocycles. The zero-order valence-electron chi connectivity index (χ0n) is 15.7. The maximum atomic E-state index is 13.0. The summed E-state index contributed by atoms with van der Waals surface area (Å²) in [5.41, 5.74) is 2.74. The lowest BCUT2D eigenvalue weighted by Crippen LogP contribution is -2.34. The van der Waals surface area contributed by atoms with Crippen LogP contribution in [0.4, 0.5) is 0 Å². The predicted octanol–water partition coefficient (Wildman–Crippen LogP) is 4.18. The van der Waals surface area contributed by atoms with Gasteiger partial charge in [0.15, 0.2) is 0 Å². The molecular weight excluding hydrogens is 386 g/mol. The zero-order chi connectivity index (χ0) is 20.4. The maximum absolute atomic E-state index is 13.0. The smallest absolute Gasteiger partial charge is 0.270 e. The van der Waals surface area contributed by atoms with E-state index in [1.165, 1.54) is 10.6 Å². The van der Waals surface area contributed by atoms with Gasteiger partial charge in [0.25, 0.3) is 11.5 Å². The second kappa shape index (κ2) is 7.89. The number of carbonyl (C=O) groups excluding carboxylic acids is 1. The molecule has 5 nitrogen and oxygen atoms in total. The van der Waals surface area contributed by atoms with Crippen LogP contribution in [0.5, 0.6) is 0 Å². The van der Waals surface area contributed by atoms with Crippen LogP contribution >= 0.6 is 11.6 Å². The summed E-state index contributed by atoms with van der Waals surface area (Å²) >= 11 is 6.01. The summed E-state index contributed by atoms with van der Waals surface area (Å²) in [7, 11) is 0. The number of amides is 1. The van der Waals surface area contributed by atoms with E-state index in [1.807, 2.05) is 55.5 Å². The van der Waals surface area contributed by atoms with Gasteiger partial charge in [0, 0.05) is 17.4 Å². The minimum atomic E-state index is -0.484. The molecule has 6 heteroatoms. The number of halogens is 1. The van der Waals surface area contributed by atoms with Crippen molar-refractivity contribution in [2.24, 2.45) is 0 Å². The van der Waals surface area contributed by atoms with Gasteiger partial charge in [-0.05, 0) is 41.8 Å². The molecule has 0 aliphatic rings. The van der Waals surface area contributed by atoms with E-state index in [-0.39, 0.29) is 5.56 Å². The lowest BCUT2D eigenvalue weighted by molar-refractivity contribution is 0.0941. The Morgan fingerprint density at radius 2 is 1.69 bits per heavy atom. The van der Waals surface area contributed by atoms with Crippen LogP contribution in [0.1, 0.15) is 33.1 Å². The highest BCUT2D eigenvalue weighted by molar-refractivity contribution is 6.30. The number of hydrogen-bond donors (Lipinski definition) is 1. The van der Waals surface area contributed by atoms with Crippen molar-refractivity contribution in [3.8, 4) is 0 Å². The van der Waals surface area contributed by atoms with Crippen LogP contribution in [0, 0.1) is 6.92 Å². The van der Waals surface area contributed by atoms with Crippen molar-refractivity contribution in [3.63, 3.8) is 0 Å². The van der Waals surface area contributed by atoms with Crippen LogP contribution in [0.2, 0.25) is 5.02 Å². The topological polar surface area (TPSA) is 63.5 Å². The number of pyridine rings is 1. The SMILES string of the molecule is Cc1ccc2ncc(C(=O)N[C@H](c3ccccc3)c3ccc(Cl)cc3)c(=O)n2c1. The first-order valence-corrected chi connectivity index (χ1v) is 9.50. The average Bonchev–Trinajstić information content (AvgIpc) is 2.74. The van der Waals surface area contributed by atoms with Crippen LogP contribution < -0.4 is 10.9 Å². The fourth-order valence-electron chi connectivity index (χ4n) is 3.21. The molecule has 29 heavy (non-hydrogen) atoms. The average molecular weight is 404 g/mol. The highest BCUT2D eigenvalue weighted by Crippen LogP contribution is 2.24. The third kappa shape index (κ3) is 3.91. The molecule has 2 aromatic carbocycles. The maximum Gasteiger partial charge on any atom is 0.270 e. The molecule has 4 aromatic rings. The van der Waals surface area contributed by atoms with Crippen molar-refractivity contribution < 1.29 is 4.79 Å². The summed E-state index contributed by atoms with van der Waals surface area (Å²) in [6.07, 6.45) is 3.00. The number of fused-ring (bicyclic) bond motifs is 1. The number of rotatable bonds is 4. The fourth-order valence-corrected chi connectivity index (χ4v) is 3.33. The molecule has 0 aliphatic heterocycles. The molecule has 1 N–H and O–H groups in total. The standard InChI is InChI=1S/C23H18ClN3O2/c1-15-7-12-20-25-13-19(23(29)27(20)14-15)22(28)26-21(16-5-3-2-4-6-16)17-8-10-18(24)11-9-17/h2-14,21H,1H3,(H,26,28)/t21-/m1/s1. The van der Waals surface area contributed by atoms with Crippen molar-refractivity contribution in [2.45, 2.75) is 13.0 Å². The number of nitrogens with one attached hydrogen (secondary N) is 1. The quantitative estimate of drug-likeness (QED) is 0.556. The summed E-state index contributed by atoms with van der Waals surface area (Å²) in [5, 5.41) is 3.58. The molecule has 144 valence electrons. The van der Waals surface area contributed by atoms with Crippen LogP contribution in [0.25, 0.3) is 5.65 Å². The summed E-state index contributed by atoms with van der Waals surface area (Å²) in [4.78, 5) is 30.1. The monoisotopic (exact) mass is 403 g/mol. The van der Waals surface area contributed by atoms with Crippen LogP contribution in [-0.4, -0.2) is 15.3 Å². The Morgan fingerprint density at radius 1 is 1.00 bits per heavy atom. The first kappa shape index (κ1) is 18.9. The number of benzene rings is 2. The Balaban J connectivity index is 1.74. The van der Waals surface area contributed by atoms with Gasteiger partial charge in [-0.15, -0.1) is 0 Å². The van der Waals surface area contributed by atoms with Gasteiger partial charge in [-0.1, -0.05) is 60.1 Å². The van der Waals surface area contributed by atoms with Crippen molar-refractivity contribution in [3.05, 3.63) is 117 Å². The molecule has 4 rings (SSSR count). The van der Waals surface area contributed by atoms with E-state index in [0.29, 0.717) is 10.7 Å². The molecule has 0 aliphatic carbocycles. The van der Waals surface area contributed by atoms with Crippen molar-refractivity contribution in [2.75, 3.05) is 0 Å². The summed E-state index contributed by atoms with van der Waals surface area (Å²) < 4.78 is 1.39. The van der Waals surface area contributed by atoms with Crippen LogP contribution in [-0.2, 0) is 0 Å². The molecular formula is C23H18ClN3O2. The van der Waals surface area contributed by atoms with E-state index in [9.17, 15) is 9.59 Å². The molecule has 0 radical (unpaired) electrons. The largest absolute Gasteiger partial charge is 0.341 e. The lowest BCUT2D eigenvalue weighted by atomic mass is 9.98. The minimum absolute atomic E-state index is 0.0111. The third-order valence-electron chi connectivity index (χ3n) is 4.71. The van der Waals surface area contributed by atoms with Gasteiger partial charge >= 0.3 is 0 Å².